The van der Waals surface area contributed by atoms with Crippen LogP contribution in [0.5, 0.6) is 5.75 Å². The zero-order chi connectivity index (χ0) is 28.6. The Labute approximate surface area is 241 Å². The third-order valence-corrected chi connectivity index (χ3v) is 8.72. The Kier molecular flexibility index (Phi) is 8.30. The molecule has 2 fully saturated rings. The molecule has 10 heteroatoms. The van der Waals surface area contributed by atoms with Gasteiger partial charge in [-0.1, -0.05) is 58.8 Å². The second-order valence-electron chi connectivity index (χ2n) is 10.4. The number of carbonyl (C=O) groups excluding carboxylic acids is 3. The summed E-state index contributed by atoms with van der Waals surface area (Å²) in [6.45, 7) is 2.01. The fourth-order valence-corrected chi connectivity index (χ4v) is 6.82. The standard InChI is InChI=1S/C30H31BBrNO7/c1-3-17-15-22-27(29(36)33(28(22)35)30(37)39-2)23-16-31(38)40-25(26(17)23)12-9-19(18-7-5-4-6-8-18)13-20-14-21(32)10-11-24(20)34/h4-8,10-11,13-14,22-23,25,27,34,38H,3,9,12,15-16H2,1-2H3/b19-13-/t22-,23+,25-,27-/m1/s1. The summed E-state index contributed by atoms with van der Waals surface area (Å²) in [5, 5.41) is 21.2. The van der Waals surface area contributed by atoms with E-state index in [9.17, 15) is 24.5 Å². The van der Waals surface area contributed by atoms with Crippen LogP contribution >= 0.6 is 15.9 Å². The van der Waals surface area contributed by atoms with E-state index >= 15 is 0 Å². The van der Waals surface area contributed by atoms with Gasteiger partial charge in [0, 0.05) is 10.0 Å². The molecule has 1 aliphatic carbocycles. The van der Waals surface area contributed by atoms with Crippen molar-refractivity contribution in [3.05, 3.63) is 75.3 Å². The van der Waals surface area contributed by atoms with Crippen molar-refractivity contribution in [2.24, 2.45) is 17.8 Å². The Morgan fingerprint density at radius 3 is 2.62 bits per heavy atom. The highest BCUT2D eigenvalue weighted by Crippen LogP contribution is 2.51. The molecule has 0 bridgehead atoms. The number of allylic oxidation sites excluding steroid dienone is 2. The summed E-state index contributed by atoms with van der Waals surface area (Å²) in [5.41, 5.74) is 4.63. The molecule has 5 rings (SSSR count). The molecule has 0 spiro atoms. The van der Waals surface area contributed by atoms with Gasteiger partial charge in [-0.25, -0.2) is 4.79 Å². The number of hydrogen-bond acceptors (Lipinski definition) is 7. The van der Waals surface area contributed by atoms with Crippen LogP contribution in [-0.2, 0) is 19.0 Å². The van der Waals surface area contributed by atoms with E-state index in [-0.39, 0.29) is 12.1 Å². The number of phenols is 1. The highest BCUT2D eigenvalue weighted by molar-refractivity contribution is 9.10. The molecule has 0 aromatic heterocycles. The average molecular weight is 608 g/mol. The monoisotopic (exact) mass is 607 g/mol. The fourth-order valence-electron chi connectivity index (χ4n) is 6.44. The van der Waals surface area contributed by atoms with Crippen molar-refractivity contribution in [3.8, 4) is 5.75 Å². The number of ether oxygens (including phenoxy) is 1. The predicted molar refractivity (Wildman–Crippen MR) is 154 cm³/mol. The average Bonchev–Trinajstić information content (AvgIpc) is 3.21. The van der Waals surface area contributed by atoms with Crippen LogP contribution in [0, 0.1) is 17.8 Å². The molecule has 2 heterocycles. The van der Waals surface area contributed by atoms with Gasteiger partial charge in [-0.05, 0) is 78.9 Å². The second-order valence-corrected chi connectivity index (χ2v) is 11.3. The normalized spacial score (nSPS) is 24.8. The highest BCUT2D eigenvalue weighted by atomic mass is 79.9. The number of phenolic OH excluding ortho intramolecular Hbond substituents is 1. The number of carbonyl (C=O) groups is 3. The summed E-state index contributed by atoms with van der Waals surface area (Å²) >= 11 is 3.47. The van der Waals surface area contributed by atoms with Crippen molar-refractivity contribution in [2.45, 2.75) is 45.0 Å². The molecular weight excluding hydrogens is 577 g/mol. The Balaban J connectivity index is 1.48. The summed E-state index contributed by atoms with van der Waals surface area (Å²) in [5.74, 6) is -2.74. The van der Waals surface area contributed by atoms with Crippen molar-refractivity contribution >= 4 is 52.6 Å². The van der Waals surface area contributed by atoms with Crippen molar-refractivity contribution < 1.29 is 33.9 Å². The maximum absolute atomic E-state index is 13.4. The topological polar surface area (TPSA) is 113 Å². The molecule has 2 aromatic rings. The van der Waals surface area contributed by atoms with Crippen molar-refractivity contribution in [3.63, 3.8) is 0 Å². The van der Waals surface area contributed by atoms with Gasteiger partial charge in [0.25, 0.3) is 0 Å². The van der Waals surface area contributed by atoms with Gasteiger partial charge in [0.05, 0.1) is 25.0 Å². The first-order chi connectivity index (χ1) is 19.2. The molecule has 0 unspecified atom stereocenters. The smallest absolute Gasteiger partial charge is 0.455 e. The van der Waals surface area contributed by atoms with Crippen LogP contribution in [0.4, 0.5) is 4.79 Å². The molecule has 2 N–H and O–H groups in total. The number of likely N-dealkylation sites (tertiary alicyclic amines) is 1. The fraction of sp³-hybridized carbons (Fsp3) is 0.367. The summed E-state index contributed by atoms with van der Waals surface area (Å²) < 4.78 is 11.6. The Morgan fingerprint density at radius 1 is 1.18 bits per heavy atom. The molecular formula is C30H31BBrNO7. The zero-order valence-electron chi connectivity index (χ0n) is 22.4. The number of benzene rings is 2. The molecule has 0 saturated carbocycles. The van der Waals surface area contributed by atoms with Crippen LogP contribution in [0.1, 0.15) is 43.7 Å². The number of fused-ring (bicyclic) bond motifs is 3. The molecule has 40 heavy (non-hydrogen) atoms. The SMILES string of the molecule is CCC1=C2[C@@H](CC/C(=C/c3cc(Br)ccc3O)c3ccccc3)OB(O)C[C@@H]2[C@@H]2C(=O)N(C(=O)OC)C(=O)[C@@H]2C1. The van der Waals surface area contributed by atoms with E-state index in [1.54, 1.807) is 12.1 Å². The highest BCUT2D eigenvalue weighted by Gasteiger charge is 2.59. The zero-order valence-corrected chi connectivity index (χ0v) is 24.0. The molecule has 4 atom stereocenters. The van der Waals surface area contributed by atoms with Gasteiger partial charge in [0.15, 0.2) is 0 Å². The van der Waals surface area contributed by atoms with Crippen LogP contribution in [0.15, 0.2) is 64.1 Å². The molecule has 3 amide bonds. The molecule has 2 aromatic carbocycles. The molecule has 2 saturated heterocycles. The number of hydrogen-bond donors (Lipinski definition) is 2. The van der Waals surface area contributed by atoms with Gasteiger partial charge in [0.2, 0.25) is 11.8 Å². The molecule has 208 valence electrons. The van der Waals surface area contributed by atoms with E-state index in [2.05, 4.69) is 15.9 Å². The van der Waals surface area contributed by atoms with Crippen molar-refractivity contribution in [1.29, 1.82) is 0 Å². The minimum Gasteiger partial charge on any atom is -0.507 e. The van der Waals surface area contributed by atoms with E-state index in [1.807, 2.05) is 49.4 Å². The number of rotatable bonds is 6. The largest absolute Gasteiger partial charge is 0.507 e. The number of amides is 3. The summed E-state index contributed by atoms with van der Waals surface area (Å²) in [6.07, 6.45) is 2.80. The Morgan fingerprint density at radius 2 is 1.93 bits per heavy atom. The molecule has 8 nitrogen and oxygen atoms in total. The van der Waals surface area contributed by atoms with E-state index < -0.39 is 48.9 Å². The van der Waals surface area contributed by atoms with Gasteiger partial charge < -0.3 is 19.5 Å². The number of aromatic hydroxyl groups is 1. The lowest BCUT2D eigenvalue weighted by molar-refractivity contribution is -0.137. The van der Waals surface area contributed by atoms with E-state index in [0.717, 1.165) is 33.9 Å². The van der Waals surface area contributed by atoms with Gasteiger partial charge in [0.1, 0.15) is 5.75 Å². The van der Waals surface area contributed by atoms with Crippen LogP contribution in [0.3, 0.4) is 0 Å². The summed E-state index contributed by atoms with van der Waals surface area (Å²) in [4.78, 5) is 39.4. The lowest BCUT2D eigenvalue weighted by Crippen LogP contribution is -2.46. The van der Waals surface area contributed by atoms with E-state index in [1.165, 1.54) is 0 Å². The number of imide groups is 3. The number of nitrogens with zero attached hydrogens (tertiary/aromatic N) is 1. The lowest BCUT2D eigenvalue weighted by atomic mass is 9.58. The second kappa shape index (κ2) is 11.7. The lowest BCUT2D eigenvalue weighted by Gasteiger charge is -2.43. The van der Waals surface area contributed by atoms with Gasteiger partial charge in [-0.2, -0.15) is 4.90 Å². The molecule has 2 aliphatic heterocycles. The Bertz CT molecular complexity index is 1390. The quantitative estimate of drug-likeness (QED) is 0.194. The van der Waals surface area contributed by atoms with Gasteiger partial charge in [-0.15, -0.1) is 0 Å². The van der Waals surface area contributed by atoms with Gasteiger partial charge >= 0.3 is 13.2 Å². The first kappa shape index (κ1) is 28.3. The van der Waals surface area contributed by atoms with Crippen molar-refractivity contribution in [1.82, 2.24) is 4.90 Å². The number of halogens is 1. The van der Waals surface area contributed by atoms with Crippen LogP contribution in [0.2, 0.25) is 6.32 Å². The summed E-state index contributed by atoms with van der Waals surface area (Å²) in [6, 6.07) is 15.1. The van der Waals surface area contributed by atoms with Gasteiger partial charge in [-0.3, -0.25) is 9.59 Å². The van der Waals surface area contributed by atoms with Crippen molar-refractivity contribution in [2.75, 3.05) is 7.11 Å². The van der Waals surface area contributed by atoms with Crippen LogP contribution in [0.25, 0.3) is 11.6 Å². The number of methoxy groups -OCH3 is 1. The minimum atomic E-state index is -1.11. The minimum absolute atomic E-state index is 0.162. The van der Waals surface area contributed by atoms with Crippen LogP contribution < -0.4 is 0 Å². The first-order valence-electron chi connectivity index (χ1n) is 13.5. The van der Waals surface area contributed by atoms with E-state index in [0.29, 0.717) is 36.1 Å². The maximum Gasteiger partial charge on any atom is 0.455 e. The molecule has 0 radical (unpaired) electrons. The van der Waals surface area contributed by atoms with Crippen LogP contribution in [-0.4, -0.2) is 53.3 Å². The first-order valence-corrected chi connectivity index (χ1v) is 14.3. The predicted octanol–water partition coefficient (Wildman–Crippen LogP) is 5.45. The van der Waals surface area contributed by atoms with E-state index in [4.69, 9.17) is 9.39 Å². The summed E-state index contributed by atoms with van der Waals surface area (Å²) in [7, 11) is 0.0374. The molecule has 3 aliphatic rings. The maximum atomic E-state index is 13.4. The third-order valence-electron chi connectivity index (χ3n) is 8.23. The Hall–Kier alpha value is -3.21. The third kappa shape index (κ3) is 5.28.